The molecule has 0 aliphatic carbocycles. The molecule has 4 rings (SSSR count). The van der Waals surface area contributed by atoms with Crippen molar-refractivity contribution in [1.29, 1.82) is 0 Å². The van der Waals surface area contributed by atoms with Gasteiger partial charge in [0.2, 0.25) is 0 Å². The van der Waals surface area contributed by atoms with E-state index in [1.54, 1.807) is 0 Å². The third-order valence-electron chi connectivity index (χ3n) is 5.45. The van der Waals surface area contributed by atoms with E-state index < -0.39 is 0 Å². The van der Waals surface area contributed by atoms with Gasteiger partial charge >= 0.3 is 0 Å². The van der Waals surface area contributed by atoms with Gasteiger partial charge < -0.3 is 14.8 Å². The molecule has 0 aromatic heterocycles. The van der Waals surface area contributed by atoms with Gasteiger partial charge in [-0.15, -0.1) is 0 Å². The summed E-state index contributed by atoms with van der Waals surface area (Å²) in [5, 5.41) is 4.16. The second kappa shape index (κ2) is 6.50. The summed E-state index contributed by atoms with van der Waals surface area (Å²) in [5.74, 6) is 1.52. The first-order valence-corrected chi connectivity index (χ1v) is 9.13. The van der Waals surface area contributed by atoms with Crippen LogP contribution in [0.4, 0.5) is 0 Å². The Hall–Kier alpha value is -0.970. The normalized spacial score (nSPS) is 23.9. The second-order valence-electron chi connectivity index (χ2n) is 7.17. The van der Waals surface area contributed by atoms with Crippen molar-refractivity contribution in [3.63, 3.8) is 0 Å². The highest BCUT2D eigenvalue weighted by Gasteiger charge is 2.38. The van der Waals surface area contributed by atoms with Crippen molar-refractivity contribution in [3.05, 3.63) is 22.7 Å². The fourth-order valence-corrected chi connectivity index (χ4v) is 4.45. The van der Waals surface area contributed by atoms with Crippen molar-refractivity contribution in [2.45, 2.75) is 32.2 Å². The van der Waals surface area contributed by atoms with E-state index in [2.05, 4.69) is 16.3 Å². The summed E-state index contributed by atoms with van der Waals surface area (Å²) in [4.78, 5) is 2.57. The third kappa shape index (κ3) is 3.30. The maximum atomic E-state index is 6.42. The minimum absolute atomic E-state index is 0.542. The summed E-state index contributed by atoms with van der Waals surface area (Å²) in [6, 6.07) is 4.16. The Labute approximate surface area is 143 Å². The Balaban J connectivity index is 1.47. The van der Waals surface area contributed by atoms with Crippen LogP contribution < -0.4 is 14.8 Å². The summed E-state index contributed by atoms with van der Waals surface area (Å²) in [6.45, 7) is 7.06. The van der Waals surface area contributed by atoms with Crippen LogP contribution in [-0.4, -0.2) is 44.3 Å². The minimum Gasteiger partial charge on any atom is -0.489 e. The summed E-state index contributed by atoms with van der Waals surface area (Å²) < 4.78 is 11.5. The van der Waals surface area contributed by atoms with Crippen molar-refractivity contribution in [3.8, 4) is 11.5 Å². The molecule has 0 unspecified atom stereocenters. The number of hydrogen-bond donors (Lipinski definition) is 1. The fraction of sp³-hybridized carbons (Fsp3) is 0.667. The molecule has 0 bridgehead atoms. The van der Waals surface area contributed by atoms with Gasteiger partial charge in [-0.25, -0.2) is 0 Å². The predicted molar refractivity (Wildman–Crippen MR) is 91.5 cm³/mol. The molecule has 1 N–H and O–H groups in total. The number of likely N-dealkylation sites (tertiary alicyclic amines) is 1. The first-order valence-electron chi connectivity index (χ1n) is 8.75. The van der Waals surface area contributed by atoms with E-state index >= 15 is 0 Å². The third-order valence-corrected chi connectivity index (χ3v) is 5.73. The van der Waals surface area contributed by atoms with Gasteiger partial charge in [-0.05, 0) is 62.0 Å². The van der Waals surface area contributed by atoms with Gasteiger partial charge in [-0.3, -0.25) is 4.90 Å². The molecule has 5 heteroatoms. The number of ether oxygens (including phenoxy) is 2. The first kappa shape index (κ1) is 15.6. The van der Waals surface area contributed by atoms with E-state index in [1.807, 2.05) is 6.07 Å². The summed E-state index contributed by atoms with van der Waals surface area (Å²) >= 11 is 6.42. The first-order chi connectivity index (χ1) is 11.2. The van der Waals surface area contributed by atoms with Crippen molar-refractivity contribution in [2.24, 2.45) is 5.41 Å². The number of fused-ring (bicyclic) bond motifs is 1. The average Bonchev–Trinajstić information content (AvgIpc) is 2.77. The van der Waals surface area contributed by atoms with E-state index in [0.717, 1.165) is 18.7 Å². The zero-order valence-electron chi connectivity index (χ0n) is 13.6. The van der Waals surface area contributed by atoms with Gasteiger partial charge in [0.05, 0.1) is 18.2 Å². The largest absolute Gasteiger partial charge is 0.489 e. The predicted octanol–water partition coefficient (Wildman–Crippen LogP) is 3.08. The van der Waals surface area contributed by atoms with E-state index in [0.29, 0.717) is 29.4 Å². The van der Waals surface area contributed by atoms with E-state index in [-0.39, 0.29) is 0 Å². The molecule has 126 valence electrons. The van der Waals surface area contributed by atoms with Gasteiger partial charge in [0.1, 0.15) is 0 Å². The van der Waals surface area contributed by atoms with Crippen molar-refractivity contribution >= 4 is 11.6 Å². The maximum Gasteiger partial charge on any atom is 0.179 e. The molecule has 0 radical (unpaired) electrons. The quantitative estimate of drug-likeness (QED) is 0.900. The topological polar surface area (TPSA) is 33.7 Å². The zero-order valence-corrected chi connectivity index (χ0v) is 14.3. The molecule has 2 saturated heterocycles. The molecule has 0 amide bonds. The van der Waals surface area contributed by atoms with Gasteiger partial charge in [-0.1, -0.05) is 11.6 Å². The molecular formula is C18H25ClN2O2. The molecule has 1 spiro atoms. The molecule has 3 aliphatic rings. The number of benzene rings is 1. The van der Waals surface area contributed by atoms with Crippen LogP contribution in [0.3, 0.4) is 0 Å². The molecule has 3 aliphatic heterocycles. The second-order valence-corrected chi connectivity index (χ2v) is 7.57. The van der Waals surface area contributed by atoms with Gasteiger partial charge in [-0.2, -0.15) is 0 Å². The van der Waals surface area contributed by atoms with Crippen LogP contribution >= 0.6 is 11.6 Å². The zero-order chi connectivity index (χ0) is 15.7. The summed E-state index contributed by atoms with van der Waals surface area (Å²) in [5.41, 5.74) is 1.77. The van der Waals surface area contributed by atoms with Crippen molar-refractivity contribution < 1.29 is 9.47 Å². The van der Waals surface area contributed by atoms with Crippen LogP contribution in [0.5, 0.6) is 11.5 Å². The van der Waals surface area contributed by atoms with E-state index in [4.69, 9.17) is 21.1 Å². The monoisotopic (exact) mass is 336 g/mol. The van der Waals surface area contributed by atoms with Crippen LogP contribution in [0.15, 0.2) is 12.1 Å². The SMILES string of the molecule is Clc1cc(CN2CCC3(CCNCC3)C2)cc2c1OCCCO2. The Morgan fingerprint density at radius 2 is 1.96 bits per heavy atom. The lowest BCUT2D eigenvalue weighted by atomic mass is 9.78. The fourth-order valence-electron chi connectivity index (χ4n) is 4.16. The average molecular weight is 337 g/mol. The summed E-state index contributed by atoms with van der Waals surface area (Å²) in [6.07, 6.45) is 4.85. The number of piperidine rings is 1. The number of nitrogens with zero attached hydrogens (tertiary/aromatic N) is 1. The molecule has 1 aromatic carbocycles. The highest BCUT2D eigenvalue weighted by atomic mass is 35.5. The Morgan fingerprint density at radius 3 is 2.83 bits per heavy atom. The Morgan fingerprint density at radius 1 is 1.13 bits per heavy atom. The Kier molecular flexibility index (Phi) is 4.39. The molecule has 2 fully saturated rings. The van der Waals surface area contributed by atoms with Gasteiger partial charge in [0.15, 0.2) is 11.5 Å². The smallest absolute Gasteiger partial charge is 0.179 e. The van der Waals surface area contributed by atoms with Crippen LogP contribution in [0.25, 0.3) is 0 Å². The molecule has 0 saturated carbocycles. The van der Waals surface area contributed by atoms with E-state index in [1.165, 1.54) is 51.0 Å². The molecule has 1 aromatic rings. The Bertz CT molecular complexity index is 572. The molecule has 23 heavy (non-hydrogen) atoms. The molecule has 4 nitrogen and oxygen atoms in total. The highest BCUT2D eigenvalue weighted by molar-refractivity contribution is 6.32. The van der Waals surface area contributed by atoms with Crippen LogP contribution in [-0.2, 0) is 6.54 Å². The van der Waals surface area contributed by atoms with Crippen LogP contribution in [0.2, 0.25) is 5.02 Å². The number of hydrogen-bond acceptors (Lipinski definition) is 4. The number of rotatable bonds is 2. The lowest BCUT2D eigenvalue weighted by molar-refractivity contribution is 0.194. The lowest BCUT2D eigenvalue weighted by Crippen LogP contribution is -2.38. The lowest BCUT2D eigenvalue weighted by Gasteiger charge is -2.34. The number of nitrogens with one attached hydrogen (secondary N) is 1. The summed E-state index contributed by atoms with van der Waals surface area (Å²) in [7, 11) is 0. The highest BCUT2D eigenvalue weighted by Crippen LogP contribution is 2.41. The van der Waals surface area contributed by atoms with Gasteiger partial charge in [0, 0.05) is 19.5 Å². The molecular weight excluding hydrogens is 312 g/mol. The van der Waals surface area contributed by atoms with Gasteiger partial charge in [0.25, 0.3) is 0 Å². The van der Waals surface area contributed by atoms with Crippen molar-refractivity contribution in [2.75, 3.05) is 39.4 Å². The van der Waals surface area contributed by atoms with Crippen LogP contribution in [0, 0.1) is 5.41 Å². The molecule has 3 heterocycles. The molecule has 0 atom stereocenters. The van der Waals surface area contributed by atoms with E-state index in [9.17, 15) is 0 Å². The van der Waals surface area contributed by atoms with Crippen LogP contribution in [0.1, 0.15) is 31.2 Å². The maximum absolute atomic E-state index is 6.42. The van der Waals surface area contributed by atoms with Crippen molar-refractivity contribution in [1.82, 2.24) is 10.2 Å². The number of halogens is 1. The minimum atomic E-state index is 0.542. The standard InChI is InChI=1S/C18H25ClN2O2/c19-15-10-14(11-16-17(15)23-9-1-8-22-16)12-21-7-4-18(13-21)2-5-20-6-3-18/h10-11,20H,1-9,12-13H2.